The van der Waals surface area contributed by atoms with Crippen LogP contribution in [-0.4, -0.2) is 19.9 Å². The molecule has 0 aliphatic heterocycles. The van der Waals surface area contributed by atoms with Gasteiger partial charge in [0.2, 0.25) is 0 Å². The van der Waals surface area contributed by atoms with Crippen LogP contribution in [0.5, 0.6) is 17.2 Å². The Bertz CT molecular complexity index is 767. The number of hydrogen-bond acceptors (Lipinski definition) is 5. The SMILES string of the molecule is CCOc1cccc(OC(=O)OC)c1COc1cc(C)c(C)cc1CC. The molecule has 0 amide bonds. The number of hydrogen-bond donors (Lipinski definition) is 0. The first kappa shape index (κ1) is 19.6. The van der Waals surface area contributed by atoms with Gasteiger partial charge in [-0.05, 0) is 62.1 Å². The minimum Gasteiger partial charge on any atom is -0.493 e. The molecular weight excluding hydrogens is 332 g/mol. The Morgan fingerprint density at radius 2 is 1.65 bits per heavy atom. The quantitative estimate of drug-likeness (QED) is 0.515. The van der Waals surface area contributed by atoms with Gasteiger partial charge in [-0.1, -0.05) is 19.1 Å². The Morgan fingerprint density at radius 3 is 2.31 bits per heavy atom. The summed E-state index contributed by atoms with van der Waals surface area (Å²) in [5.41, 5.74) is 4.21. The van der Waals surface area contributed by atoms with Crippen molar-refractivity contribution in [3.63, 3.8) is 0 Å². The van der Waals surface area contributed by atoms with Gasteiger partial charge >= 0.3 is 6.16 Å². The third kappa shape index (κ3) is 4.69. The minimum absolute atomic E-state index is 0.220. The molecule has 0 saturated heterocycles. The predicted molar refractivity (Wildman–Crippen MR) is 100 cm³/mol. The highest BCUT2D eigenvalue weighted by Crippen LogP contribution is 2.32. The van der Waals surface area contributed by atoms with Gasteiger partial charge < -0.3 is 18.9 Å². The van der Waals surface area contributed by atoms with Gasteiger partial charge in [0.25, 0.3) is 0 Å². The molecule has 0 fully saturated rings. The van der Waals surface area contributed by atoms with Gasteiger partial charge in [-0.15, -0.1) is 0 Å². The van der Waals surface area contributed by atoms with Crippen molar-refractivity contribution in [2.75, 3.05) is 13.7 Å². The van der Waals surface area contributed by atoms with Crippen LogP contribution in [0.1, 0.15) is 36.1 Å². The molecule has 0 radical (unpaired) electrons. The molecule has 0 heterocycles. The standard InChI is InChI=1S/C21H26O5/c1-6-16-11-14(3)15(4)12-20(16)25-13-17-18(24-7-2)9-8-10-19(17)26-21(22)23-5/h8-12H,6-7,13H2,1-5H3. The molecule has 0 atom stereocenters. The number of methoxy groups -OCH3 is 1. The van der Waals surface area contributed by atoms with Crippen LogP contribution in [-0.2, 0) is 17.8 Å². The van der Waals surface area contributed by atoms with Crippen molar-refractivity contribution in [3.05, 3.63) is 52.6 Å². The minimum atomic E-state index is -0.777. The largest absolute Gasteiger partial charge is 0.513 e. The highest BCUT2D eigenvalue weighted by atomic mass is 16.7. The molecule has 0 aromatic heterocycles. The summed E-state index contributed by atoms with van der Waals surface area (Å²) in [6.07, 6.45) is 0.0926. The van der Waals surface area contributed by atoms with Crippen LogP contribution in [0.2, 0.25) is 0 Å². The van der Waals surface area contributed by atoms with Gasteiger partial charge in [0.05, 0.1) is 19.3 Å². The molecule has 0 aliphatic rings. The highest BCUT2D eigenvalue weighted by Gasteiger charge is 2.16. The molecule has 2 aromatic rings. The smallest absolute Gasteiger partial charge is 0.493 e. The van der Waals surface area contributed by atoms with E-state index >= 15 is 0 Å². The molecule has 0 aliphatic carbocycles. The first-order valence-electron chi connectivity index (χ1n) is 8.73. The third-order valence-corrected chi connectivity index (χ3v) is 4.18. The van der Waals surface area contributed by atoms with Crippen molar-refractivity contribution in [3.8, 4) is 17.2 Å². The Hall–Kier alpha value is -2.69. The predicted octanol–water partition coefficient (Wildman–Crippen LogP) is 4.99. The summed E-state index contributed by atoms with van der Waals surface area (Å²) in [4.78, 5) is 11.5. The fourth-order valence-electron chi connectivity index (χ4n) is 2.62. The third-order valence-electron chi connectivity index (χ3n) is 4.18. The van der Waals surface area contributed by atoms with Crippen LogP contribution in [0.4, 0.5) is 4.79 Å². The van der Waals surface area contributed by atoms with Crippen LogP contribution >= 0.6 is 0 Å². The second-order valence-electron chi connectivity index (χ2n) is 5.91. The number of benzene rings is 2. The molecular formula is C21H26O5. The van der Waals surface area contributed by atoms with Crippen LogP contribution in [0.3, 0.4) is 0 Å². The normalized spacial score (nSPS) is 10.3. The summed E-state index contributed by atoms with van der Waals surface area (Å²) < 4.78 is 21.6. The topological polar surface area (TPSA) is 54.0 Å². The summed E-state index contributed by atoms with van der Waals surface area (Å²) in [6, 6.07) is 9.47. The maximum Gasteiger partial charge on any atom is 0.513 e. The lowest BCUT2D eigenvalue weighted by atomic mass is 10.0. The molecule has 0 unspecified atom stereocenters. The van der Waals surface area contributed by atoms with E-state index in [0.717, 1.165) is 17.7 Å². The fourth-order valence-corrected chi connectivity index (χ4v) is 2.62. The van der Waals surface area contributed by atoms with Gasteiger partial charge in [-0.25, -0.2) is 4.79 Å². The Balaban J connectivity index is 2.33. The number of carbonyl (C=O) groups excluding carboxylic acids is 1. The maximum absolute atomic E-state index is 11.5. The lowest BCUT2D eigenvalue weighted by Crippen LogP contribution is -2.11. The van der Waals surface area contributed by atoms with Crippen molar-refractivity contribution in [2.24, 2.45) is 0 Å². The van der Waals surface area contributed by atoms with E-state index in [1.54, 1.807) is 12.1 Å². The Kier molecular flexibility index (Phi) is 6.89. The van der Waals surface area contributed by atoms with Crippen molar-refractivity contribution in [1.82, 2.24) is 0 Å². The van der Waals surface area contributed by atoms with Crippen LogP contribution in [0, 0.1) is 13.8 Å². The summed E-state index contributed by atoms with van der Waals surface area (Å²) >= 11 is 0. The van der Waals surface area contributed by atoms with E-state index in [4.69, 9.17) is 14.2 Å². The van der Waals surface area contributed by atoms with E-state index in [1.807, 2.05) is 19.1 Å². The molecule has 5 heteroatoms. The number of rotatable bonds is 7. The first-order valence-corrected chi connectivity index (χ1v) is 8.73. The van der Waals surface area contributed by atoms with Gasteiger partial charge in [0.1, 0.15) is 23.9 Å². The van der Waals surface area contributed by atoms with Crippen molar-refractivity contribution < 1.29 is 23.7 Å². The zero-order valence-electron chi connectivity index (χ0n) is 16.0. The number of aryl methyl sites for hydroxylation is 3. The summed E-state index contributed by atoms with van der Waals surface area (Å²) in [5, 5.41) is 0. The average Bonchev–Trinajstić information content (AvgIpc) is 2.63. The molecule has 2 rings (SSSR count). The summed E-state index contributed by atoms with van der Waals surface area (Å²) in [5.74, 6) is 1.81. The number of ether oxygens (including phenoxy) is 4. The van der Waals surface area contributed by atoms with Gasteiger partial charge in [0, 0.05) is 0 Å². The van der Waals surface area contributed by atoms with Gasteiger partial charge in [-0.2, -0.15) is 0 Å². The molecule has 5 nitrogen and oxygen atoms in total. The molecule has 0 spiro atoms. The molecule has 0 N–H and O–H groups in total. The van der Waals surface area contributed by atoms with Crippen LogP contribution in [0.15, 0.2) is 30.3 Å². The van der Waals surface area contributed by atoms with E-state index in [2.05, 4.69) is 31.6 Å². The molecule has 0 bridgehead atoms. The average molecular weight is 358 g/mol. The molecule has 0 saturated carbocycles. The van der Waals surface area contributed by atoms with Crippen molar-refractivity contribution >= 4 is 6.16 Å². The second-order valence-corrected chi connectivity index (χ2v) is 5.91. The number of carbonyl (C=O) groups is 1. The lowest BCUT2D eigenvalue weighted by Gasteiger charge is -2.17. The monoisotopic (exact) mass is 358 g/mol. The first-order chi connectivity index (χ1) is 12.5. The highest BCUT2D eigenvalue weighted by molar-refractivity contribution is 5.65. The lowest BCUT2D eigenvalue weighted by molar-refractivity contribution is 0.120. The molecule has 26 heavy (non-hydrogen) atoms. The van der Waals surface area contributed by atoms with Crippen molar-refractivity contribution in [2.45, 2.75) is 40.7 Å². The molecule has 2 aromatic carbocycles. The van der Waals surface area contributed by atoms with Crippen molar-refractivity contribution in [1.29, 1.82) is 0 Å². The van der Waals surface area contributed by atoms with Gasteiger partial charge in [-0.3, -0.25) is 0 Å². The zero-order valence-corrected chi connectivity index (χ0v) is 16.0. The Morgan fingerprint density at radius 1 is 0.962 bits per heavy atom. The fraction of sp³-hybridized carbons (Fsp3) is 0.381. The van der Waals surface area contributed by atoms with Gasteiger partial charge in [0.15, 0.2) is 0 Å². The van der Waals surface area contributed by atoms with E-state index in [9.17, 15) is 4.79 Å². The van der Waals surface area contributed by atoms with E-state index in [1.165, 1.54) is 18.2 Å². The maximum atomic E-state index is 11.5. The summed E-state index contributed by atoms with van der Waals surface area (Å²) in [6.45, 7) is 8.86. The second kappa shape index (κ2) is 9.13. The Labute approximate surface area is 154 Å². The van der Waals surface area contributed by atoms with Crippen LogP contribution in [0.25, 0.3) is 0 Å². The van der Waals surface area contributed by atoms with Crippen LogP contribution < -0.4 is 14.2 Å². The van der Waals surface area contributed by atoms with E-state index in [-0.39, 0.29) is 6.61 Å². The zero-order chi connectivity index (χ0) is 19.1. The molecule has 140 valence electrons. The summed E-state index contributed by atoms with van der Waals surface area (Å²) in [7, 11) is 1.27. The van der Waals surface area contributed by atoms with E-state index < -0.39 is 6.16 Å². The van der Waals surface area contributed by atoms with E-state index in [0.29, 0.717) is 23.7 Å².